The van der Waals surface area contributed by atoms with Gasteiger partial charge in [0, 0.05) is 24.5 Å². The van der Waals surface area contributed by atoms with Gasteiger partial charge in [-0.25, -0.2) is 9.78 Å². The van der Waals surface area contributed by atoms with Crippen molar-refractivity contribution < 1.29 is 24.6 Å². The number of aromatic carboxylic acids is 1. The van der Waals surface area contributed by atoms with E-state index in [2.05, 4.69) is 29.4 Å². The lowest BCUT2D eigenvalue weighted by molar-refractivity contribution is -0.127. The normalized spacial score (nSPS) is 11.0. The topological polar surface area (TPSA) is 120 Å². The summed E-state index contributed by atoms with van der Waals surface area (Å²) in [4.78, 5) is 43.6. The van der Waals surface area contributed by atoms with Crippen molar-refractivity contribution in [3.63, 3.8) is 0 Å². The first-order valence-corrected chi connectivity index (χ1v) is 15.1. The van der Waals surface area contributed by atoms with Crippen molar-refractivity contribution in [3.05, 3.63) is 123 Å². The van der Waals surface area contributed by atoms with E-state index in [4.69, 9.17) is 0 Å². The van der Waals surface area contributed by atoms with Crippen LogP contribution in [0, 0.1) is 0 Å². The molecular weight excluding hydrogens is 562 g/mol. The van der Waals surface area contributed by atoms with Crippen LogP contribution in [0.2, 0.25) is 0 Å². The van der Waals surface area contributed by atoms with Gasteiger partial charge in [-0.2, -0.15) is 0 Å². The molecule has 3 N–H and O–H groups in total. The molecule has 0 spiro atoms. The third-order valence-corrected chi connectivity index (χ3v) is 7.68. The highest BCUT2D eigenvalue weighted by atomic mass is 32.1. The molecular formula is C34H35N3O5S. The molecule has 4 rings (SSSR count). The zero-order chi connectivity index (χ0) is 30.6. The van der Waals surface area contributed by atoms with Crippen molar-refractivity contribution in [2.75, 3.05) is 0 Å². The summed E-state index contributed by atoms with van der Waals surface area (Å²) < 4.78 is 0. The van der Waals surface area contributed by atoms with Crippen LogP contribution >= 0.6 is 11.3 Å². The number of nitrogens with one attached hydrogen (secondary N) is 1. The minimum atomic E-state index is -1.26. The second-order valence-corrected chi connectivity index (χ2v) is 11.1. The highest BCUT2D eigenvalue weighted by molar-refractivity contribution is 7.09. The number of thiazole rings is 1. The van der Waals surface area contributed by atoms with E-state index in [0.717, 1.165) is 17.5 Å². The molecule has 0 aliphatic carbocycles. The predicted molar refractivity (Wildman–Crippen MR) is 168 cm³/mol. The number of carboxylic acid groups (broad SMARTS) is 1. The van der Waals surface area contributed by atoms with Crippen molar-refractivity contribution in [2.24, 2.45) is 0 Å². The molecule has 222 valence electrons. The van der Waals surface area contributed by atoms with Crippen LogP contribution in [0.4, 0.5) is 0 Å². The van der Waals surface area contributed by atoms with Crippen LogP contribution in [0.15, 0.2) is 84.3 Å². The Bertz CT molecular complexity index is 1560. The average molecular weight is 598 g/mol. The molecule has 0 atom stereocenters. The number of carbonyl (C=O) groups is 3. The number of amides is 2. The van der Waals surface area contributed by atoms with E-state index in [-0.39, 0.29) is 41.9 Å². The SMILES string of the molecule is CCCCCc1ccc(CNC(=O)c2csc(CN(Cc3ccc(O)c(C(=O)O)c3)C(=O)C=Cc3ccccc3)n2)cc1. The lowest BCUT2D eigenvalue weighted by Gasteiger charge is -2.20. The molecule has 3 aromatic carbocycles. The van der Waals surface area contributed by atoms with Crippen LogP contribution in [-0.2, 0) is 30.8 Å². The third-order valence-electron chi connectivity index (χ3n) is 6.85. The van der Waals surface area contributed by atoms with Crippen LogP contribution < -0.4 is 5.32 Å². The first-order valence-electron chi connectivity index (χ1n) is 14.2. The summed E-state index contributed by atoms with van der Waals surface area (Å²) in [7, 11) is 0. The molecule has 2 amide bonds. The second-order valence-electron chi connectivity index (χ2n) is 10.2. The largest absolute Gasteiger partial charge is 0.507 e. The summed E-state index contributed by atoms with van der Waals surface area (Å²) in [5, 5.41) is 24.4. The van der Waals surface area contributed by atoms with Crippen molar-refractivity contribution in [1.29, 1.82) is 0 Å². The van der Waals surface area contributed by atoms with Gasteiger partial charge in [0.1, 0.15) is 22.0 Å². The van der Waals surface area contributed by atoms with Crippen molar-refractivity contribution >= 4 is 35.2 Å². The number of rotatable bonds is 14. The Labute approximate surface area is 255 Å². The number of hydrogen-bond donors (Lipinski definition) is 3. The Morgan fingerprint density at radius 2 is 1.65 bits per heavy atom. The zero-order valence-corrected chi connectivity index (χ0v) is 24.8. The van der Waals surface area contributed by atoms with Gasteiger partial charge in [0.25, 0.3) is 5.91 Å². The standard InChI is InChI=1S/C34H35N3O5S/c1-2-3-5-8-25-11-13-26(14-12-25)20-35-33(40)29-23-43-31(36-29)22-37(32(39)18-16-24-9-6-4-7-10-24)21-27-15-17-30(38)28(19-27)34(41)42/h4,6-7,9-19,23,38H,2-3,5,8,20-22H2,1H3,(H,35,40)(H,41,42). The molecule has 0 saturated carbocycles. The number of unbranched alkanes of at least 4 members (excludes halogenated alkanes) is 2. The first-order chi connectivity index (χ1) is 20.8. The lowest BCUT2D eigenvalue weighted by atomic mass is 10.1. The van der Waals surface area contributed by atoms with Gasteiger partial charge in [0.05, 0.1) is 6.54 Å². The van der Waals surface area contributed by atoms with Gasteiger partial charge in [0.15, 0.2) is 0 Å². The van der Waals surface area contributed by atoms with Gasteiger partial charge < -0.3 is 20.4 Å². The molecule has 43 heavy (non-hydrogen) atoms. The molecule has 0 saturated heterocycles. The van der Waals surface area contributed by atoms with Gasteiger partial charge >= 0.3 is 5.97 Å². The number of aromatic nitrogens is 1. The van der Waals surface area contributed by atoms with E-state index in [1.165, 1.54) is 59.3 Å². The maximum atomic E-state index is 13.3. The number of aromatic hydroxyl groups is 1. The highest BCUT2D eigenvalue weighted by Gasteiger charge is 2.18. The number of phenols is 1. The van der Waals surface area contributed by atoms with E-state index in [9.17, 15) is 24.6 Å². The molecule has 0 aliphatic heterocycles. The number of aryl methyl sites for hydroxylation is 1. The number of carboxylic acids is 1. The van der Waals surface area contributed by atoms with E-state index < -0.39 is 5.97 Å². The van der Waals surface area contributed by atoms with Crippen LogP contribution in [0.5, 0.6) is 5.75 Å². The Kier molecular flexibility index (Phi) is 11.2. The van der Waals surface area contributed by atoms with Gasteiger partial charge in [-0.05, 0) is 53.3 Å². The summed E-state index contributed by atoms with van der Waals surface area (Å²) in [5.74, 6) is -2.23. The lowest BCUT2D eigenvalue weighted by Crippen LogP contribution is -2.29. The number of benzene rings is 3. The predicted octanol–water partition coefficient (Wildman–Crippen LogP) is 6.45. The van der Waals surface area contributed by atoms with Crippen LogP contribution in [0.3, 0.4) is 0 Å². The zero-order valence-electron chi connectivity index (χ0n) is 24.0. The number of hydrogen-bond acceptors (Lipinski definition) is 6. The first kappa shape index (κ1) is 31.2. The molecule has 0 radical (unpaired) electrons. The third kappa shape index (κ3) is 9.37. The highest BCUT2D eigenvalue weighted by Crippen LogP contribution is 2.21. The number of carbonyl (C=O) groups excluding carboxylic acids is 2. The number of nitrogens with zero attached hydrogens (tertiary/aromatic N) is 2. The fraction of sp³-hybridized carbons (Fsp3) is 0.235. The van der Waals surface area contributed by atoms with Gasteiger partial charge in [0.2, 0.25) is 5.91 Å². The minimum Gasteiger partial charge on any atom is -0.507 e. The van der Waals surface area contributed by atoms with E-state index in [1.807, 2.05) is 42.5 Å². The van der Waals surface area contributed by atoms with Gasteiger partial charge in [-0.1, -0.05) is 80.4 Å². The fourth-order valence-electron chi connectivity index (χ4n) is 4.45. The summed E-state index contributed by atoms with van der Waals surface area (Å²) in [5.41, 5.74) is 3.69. The molecule has 4 aromatic rings. The van der Waals surface area contributed by atoms with Crippen LogP contribution in [0.1, 0.15) is 74.3 Å². The van der Waals surface area contributed by atoms with E-state index in [0.29, 0.717) is 17.1 Å². The molecule has 0 aliphatic rings. The Balaban J connectivity index is 1.43. The summed E-state index contributed by atoms with van der Waals surface area (Å²) in [6, 6.07) is 21.9. The molecule has 8 nitrogen and oxygen atoms in total. The summed E-state index contributed by atoms with van der Waals surface area (Å²) in [6.45, 7) is 2.75. The van der Waals surface area contributed by atoms with Gasteiger partial charge in [-0.15, -0.1) is 11.3 Å². The van der Waals surface area contributed by atoms with Gasteiger partial charge in [-0.3, -0.25) is 9.59 Å². The Morgan fingerprint density at radius 1 is 0.930 bits per heavy atom. The maximum absolute atomic E-state index is 13.3. The molecule has 9 heteroatoms. The van der Waals surface area contributed by atoms with Crippen LogP contribution in [-0.4, -0.2) is 37.9 Å². The molecule has 0 bridgehead atoms. The molecule has 1 aromatic heterocycles. The van der Waals surface area contributed by atoms with E-state index in [1.54, 1.807) is 17.5 Å². The molecule has 0 fully saturated rings. The maximum Gasteiger partial charge on any atom is 0.339 e. The minimum absolute atomic E-state index is 0.0775. The van der Waals surface area contributed by atoms with Crippen LogP contribution in [0.25, 0.3) is 6.08 Å². The molecule has 1 heterocycles. The fourth-order valence-corrected chi connectivity index (χ4v) is 5.24. The second kappa shape index (κ2) is 15.5. The quantitative estimate of drug-likeness (QED) is 0.114. The average Bonchev–Trinajstić information content (AvgIpc) is 3.49. The Hall–Kier alpha value is -4.76. The smallest absolute Gasteiger partial charge is 0.339 e. The molecule has 0 unspecified atom stereocenters. The van der Waals surface area contributed by atoms with Crippen molar-refractivity contribution in [3.8, 4) is 5.75 Å². The van der Waals surface area contributed by atoms with Crippen molar-refractivity contribution in [1.82, 2.24) is 15.2 Å². The summed E-state index contributed by atoms with van der Waals surface area (Å²) in [6.07, 6.45) is 7.78. The monoisotopic (exact) mass is 597 g/mol. The van der Waals surface area contributed by atoms with Crippen molar-refractivity contribution in [2.45, 2.75) is 52.2 Å². The summed E-state index contributed by atoms with van der Waals surface area (Å²) >= 11 is 1.27. The Morgan fingerprint density at radius 3 is 2.37 bits per heavy atom. The van der Waals surface area contributed by atoms with E-state index >= 15 is 0 Å².